The topological polar surface area (TPSA) is 70.3 Å². The standard InChI is InChI=1S/C13H18N2O4/c1-9(16)11-8-15(13(18)14(2)12(11)17)7-10-3-5-19-6-4-10/h8,10H,3-7H2,1-2H3. The van der Waals surface area contributed by atoms with E-state index in [1.165, 1.54) is 24.7 Å². The molecule has 0 aliphatic carbocycles. The van der Waals surface area contributed by atoms with Crippen molar-refractivity contribution in [2.45, 2.75) is 26.3 Å². The number of Topliss-reactive ketones (excluding diaryl/α,β-unsaturated/α-hetero) is 1. The number of hydrogen-bond acceptors (Lipinski definition) is 4. The number of ketones is 1. The summed E-state index contributed by atoms with van der Waals surface area (Å²) in [6, 6.07) is 0. The summed E-state index contributed by atoms with van der Waals surface area (Å²) in [5.41, 5.74) is -0.837. The van der Waals surface area contributed by atoms with E-state index in [9.17, 15) is 14.4 Å². The zero-order chi connectivity index (χ0) is 14.0. The van der Waals surface area contributed by atoms with Gasteiger partial charge in [-0.15, -0.1) is 0 Å². The normalized spacial score (nSPS) is 16.5. The summed E-state index contributed by atoms with van der Waals surface area (Å²) in [5, 5.41) is 0. The lowest BCUT2D eigenvalue weighted by atomic mass is 10.0. The molecular formula is C13H18N2O4. The van der Waals surface area contributed by atoms with Crippen molar-refractivity contribution in [3.63, 3.8) is 0 Å². The first-order valence-electron chi connectivity index (χ1n) is 6.40. The van der Waals surface area contributed by atoms with E-state index in [0.29, 0.717) is 25.7 Å². The summed E-state index contributed by atoms with van der Waals surface area (Å²) < 4.78 is 7.74. The van der Waals surface area contributed by atoms with Crippen LogP contribution in [-0.2, 0) is 18.3 Å². The lowest BCUT2D eigenvalue weighted by molar-refractivity contribution is 0.0606. The molecule has 0 radical (unpaired) electrons. The van der Waals surface area contributed by atoms with Crippen LogP contribution in [0.15, 0.2) is 15.8 Å². The quantitative estimate of drug-likeness (QED) is 0.732. The Bertz CT molecular complexity index is 594. The second kappa shape index (κ2) is 5.52. The molecule has 0 saturated carbocycles. The molecule has 1 aromatic rings. The number of carbonyl (C=O) groups is 1. The van der Waals surface area contributed by atoms with Crippen LogP contribution in [0.5, 0.6) is 0 Å². The second-order valence-electron chi connectivity index (χ2n) is 4.95. The number of aromatic nitrogens is 2. The van der Waals surface area contributed by atoms with Gasteiger partial charge in [-0.25, -0.2) is 4.79 Å². The van der Waals surface area contributed by atoms with Crippen molar-refractivity contribution in [2.24, 2.45) is 13.0 Å². The molecule has 6 nitrogen and oxygen atoms in total. The van der Waals surface area contributed by atoms with Crippen LogP contribution in [0, 0.1) is 5.92 Å². The maximum atomic E-state index is 12.0. The molecule has 0 N–H and O–H groups in total. The molecule has 1 saturated heterocycles. The van der Waals surface area contributed by atoms with Gasteiger partial charge in [0.25, 0.3) is 5.56 Å². The lowest BCUT2D eigenvalue weighted by Crippen LogP contribution is -2.41. The molecular weight excluding hydrogens is 248 g/mol. The number of nitrogens with zero attached hydrogens (tertiary/aromatic N) is 2. The molecule has 0 spiro atoms. The van der Waals surface area contributed by atoms with Crippen LogP contribution >= 0.6 is 0 Å². The Morgan fingerprint density at radius 1 is 1.37 bits per heavy atom. The van der Waals surface area contributed by atoms with E-state index in [4.69, 9.17) is 4.74 Å². The molecule has 0 bridgehead atoms. The summed E-state index contributed by atoms with van der Waals surface area (Å²) in [4.78, 5) is 35.2. The third-order valence-electron chi connectivity index (χ3n) is 3.53. The number of rotatable bonds is 3. The fraction of sp³-hybridized carbons (Fsp3) is 0.615. The van der Waals surface area contributed by atoms with Gasteiger partial charge >= 0.3 is 5.69 Å². The summed E-state index contributed by atoms with van der Waals surface area (Å²) >= 11 is 0. The van der Waals surface area contributed by atoms with Crippen molar-refractivity contribution < 1.29 is 9.53 Å². The highest BCUT2D eigenvalue weighted by Gasteiger charge is 2.17. The van der Waals surface area contributed by atoms with Crippen molar-refractivity contribution in [3.8, 4) is 0 Å². The monoisotopic (exact) mass is 266 g/mol. The van der Waals surface area contributed by atoms with Gasteiger partial charge in [-0.2, -0.15) is 0 Å². The molecule has 1 aliphatic rings. The minimum Gasteiger partial charge on any atom is -0.381 e. The number of hydrogen-bond donors (Lipinski definition) is 0. The minimum atomic E-state index is -0.527. The van der Waals surface area contributed by atoms with E-state index in [-0.39, 0.29) is 17.0 Å². The lowest BCUT2D eigenvalue weighted by Gasteiger charge is -2.23. The van der Waals surface area contributed by atoms with E-state index >= 15 is 0 Å². The molecule has 0 amide bonds. The molecule has 1 aliphatic heterocycles. The predicted octanol–water partition coefficient (Wildman–Crippen LogP) is 0.176. The molecule has 0 unspecified atom stereocenters. The summed E-state index contributed by atoms with van der Waals surface area (Å²) in [6.07, 6.45) is 3.18. The molecule has 2 rings (SSSR count). The molecule has 1 fully saturated rings. The fourth-order valence-corrected chi connectivity index (χ4v) is 2.31. The zero-order valence-electron chi connectivity index (χ0n) is 11.2. The molecule has 1 aromatic heterocycles. The van der Waals surface area contributed by atoms with Crippen molar-refractivity contribution in [1.29, 1.82) is 0 Å². The fourth-order valence-electron chi connectivity index (χ4n) is 2.31. The van der Waals surface area contributed by atoms with Crippen molar-refractivity contribution >= 4 is 5.78 Å². The van der Waals surface area contributed by atoms with Crippen LogP contribution < -0.4 is 11.2 Å². The van der Waals surface area contributed by atoms with Crippen molar-refractivity contribution in [3.05, 3.63) is 32.6 Å². The van der Waals surface area contributed by atoms with E-state index in [2.05, 4.69) is 0 Å². The first-order valence-corrected chi connectivity index (χ1v) is 6.40. The molecule has 104 valence electrons. The Morgan fingerprint density at radius 2 is 2.00 bits per heavy atom. The van der Waals surface area contributed by atoms with Gasteiger partial charge in [-0.05, 0) is 25.7 Å². The third kappa shape index (κ3) is 2.84. The van der Waals surface area contributed by atoms with Gasteiger partial charge in [0.15, 0.2) is 5.78 Å². The van der Waals surface area contributed by atoms with Gasteiger partial charge in [-0.1, -0.05) is 0 Å². The molecule has 6 heteroatoms. The summed E-state index contributed by atoms with van der Waals surface area (Å²) in [6.45, 7) is 3.26. The highest BCUT2D eigenvalue weighted by atomic mass is 16.5. The smallest absolute Gasteiger partial charge is 0.330 e. The summed E-state index contributed by atoms with van der Waals surface area (Å²) in [7, 11) is 1.40. The maximum absolute atomic E-state index is 12.0. The van der Waals surface area contributed by atoms with Gasteiger partial charge in [0.1, 0.15) is 0 Å². The molecule has 19 heavy (non-hydrogen) atoms. The molecule has 0 aromatic carbocycles. The van der Waals surface area contributed by atoms with E-state index in [1.54, 1.807) is 0 Å². The Labute approximate surface area is 110 Å². The molecule has 0 atom stereocenters. The van der Waals surface area contributed by atoms with Crippen LogP contribution in [0.25, 0.3) is 0 Å². The Balaban J connectivity index is 2.37. The first-order chi connectivity index (χ1) is 9.00. The number of ether oxygens (including phenoxy) is 1. The Morgan fingerprint density at radius 3 is 2.58 bits per heavy atom. The van der Waals surface area contributed by atoms with Crippen LogP contribution in [0.1, 0.15) is 30.1 Å². The third-order valence-corrected chi connectivity index (χ3v) is 3.53. The van der Waals surface area contributed by atoms with Crippen molar-refractivity contribution in [2.75, 3.05) is 13.2 Å². The highest BCUT2D eigenvalue weighted by molar-refractivity contribution is 5.93. The van der Waals surface area contributed by atoms with Gasteiger partial charge in [0, 0.05) is 33.0 Å². The average molecular weight is 266 g/mol. The van der Waals surface area contributed by atoms with E-state index in [0.717, 1.165) is 17.4 Å². The Kier molecular flexibility index (Phi) is 3.99. The number of carbonyl (C=O) groups excluding carboxylic acids is 1. The van der Waals surface area contributed by atoms with Gasteiger partial charge < -0.3 is 4.74 Å². The minimum absolute atomic E-state index is 0.0640. The van der Waals surface area contributed by atoms with Crippen LogP contribution in [0.4, 0.5) is 0 Å². The van der Waals surface area contributed by atoms with Crippen LogP contribution in [-0.4, -0.2) is 28.1 Å². The van der Waals surface area contributed by atoms with E-state index < -0.39 is 5.56 Å². The highest BCUT2D eigenvalue weighted by Crippen LogP contribution is 2.15. The van der Waals surface area contributed by atoms with Crippen LogP contribution in [0.3, 0.4) is 0 Å². The van der Waals surface area contributed by atoms with Crippen molar-refractivity contribution in [1.82, 2.24) is 9.13 Å². The maximum Gasteiger partial charge on any atom is 0.330 e. The Hall–Kier alpha value is -1.69. The largest absolute Gasteiger partial charge is 0.381 e. The second-order valence-corrected chi connectivity index (χ2v) is 4.95. The zero-order valence-corrected chi connectivity index (χ0v) is 11.2. The van der Waals surface area contributed by atoms with Gasteiger partial charge in [0.05, 0.1) is 5.56 Å². The average Bonchev–Trinajstić information content (AvgIpc) is 2.40. The first kappa shape index (κ1) is 13.7. The molecule has 2 heterocycles. The van der Waals surface area contributed by atoms with Gasteiger partial charge in [-0.3, -0.25) is 18.7 Å². The summed E-state index contributed by atoms with van der Waals surface area (Å²) in [5.74, 6) is 0.0325. The van der Waals surface area contributed by atoms with Crippen LogP contribution in [0.2, 0.25) is 0 Å². The van der Waals surface area contributed by atoms with Gasteiger partial charge in [0.2, 0.25) is 0 Å². The predicted molar refractivity (Wildman–Crippen MR) is 69.5 cm³/mol. The SMILES string of the molecule is CC(=O)c1cn(CC2CCOCC2)c(=O)n(C)c1=O. The van der Waals surface area contributed by atoms with E-state index in [1.807, 2.05) is 0 Å².